The first-order chi connectivity index (χ1) is 10.2. The van der Waals surface area contributed by atoms with Crippen molar-refractivity contribution in [3.8, 4) is 0 Å². The van der Waals surface area contributed by atoms with Gasteiger partial charge in [0, 0.05) is 19.4 Å². The third kappa shape index (κ3) is 3.35. The standard InChI is InChI=1S/C16H25N3O2/c17-16(7-10-21-11-8-16)15(20)12-13-6-9-19(18-13)14-4-2-1-3-5-14/h6,9,14H,1-5,7-8,10-12,17H2. The van der Waals surface area contributed by atoms with E-state index in [9.17, 15) is 4.79 Å². The molecule has 2 N–H and O–H groups in total. The second-order valence-corrected chi connectivity index (χ2v) is 6.45. The van der Waals surface area contributed by atoms with Crippen LogP contribution in [0.5, 0.6) is 0 Å². The Labute approximate surface area is 125 Å². The van der Waals surface area contributed by atoms with Crippen molar-refractivity contribution in [1.29, 1.82) is 0 Å². The van der Waals surface area contributed by atoms with Gasteiger partial charge < -0.3 is 10.5 Å². The normalized spacial score (nSPS) is 23.1. The van der Waals surface area contributed by atoms with E-state index in [2.05, 4.69) is 9.78 Å². The van der Waals surface area contributed by atoms with E-state index >= 15 is 0 Å². The van der Waals surface area contributed by atoms with E-state index in [1.807, 2.05) is 12.3 Å². The molecule has 0 aromatic carbocycles. The van der Waals surface area contributed by atoms with E-state index < -0.39 is 5.54 Å². The molecule has 1 saturated heterocycles. The summed E-state index contributed by atoms with van der Waals surface area (Å²) in [7, 11) is 0. The lowest BCUT2D eigenvalue weighted by Gasteiger charge is -2.31. The molecule has 0 spiro atoms. The molecule has 0 bridgehead atoms. The van der Waals surface area contributed by atoms with E-state index in [1.165, 1.54) is 32.1 Å². The molecule has 5 nitrogen and oxygen atoms in total. The lowest BCUT2D eigenvalue weighted by molar-refractivity contribution is -0.126. The van der Waals surface area contributed by atoms with Crippen molar-refractivity contribution in [3.05, 3.63) is 18.0 Å². The highest BCUT2D eigenvalue weighted by molar-refractivity contribution is 5.89. The van der Waals surface area contributed by atoms with Crippen LogP contribution in [-0.2, 0) is 16.0 Å². The number of aromatic nitrogens is 2. The Morgan fingerprint density at radius 2 is 2.05 bits per heavy atom. The Balaban J connectivity index is 1.62. The number of nitrogens with zero attached hydrogens (tertiary/aromatic N) is 2. The van der Waals surface area contributed by atoms with Crippen LogP contribution in [0.2, 0.25) is 0 Å². The highest BCUT2D eigenvalue weighted by atomic mass is 16.5. The van der Waals surface area contributed by atoms with Crippen LogP contribution in [0.1, 0.15) is 56.7 Å². The fourth-order valence-electron chi connectivity index (χ4n) is 3.38. The van der Waals surface area contributed by atoms with Crippen molar-refractivity contribution in [2.24, 2.45) is 5.73 Å². The minimum absolute atomic E-state index is 0.0969. The second kappa shape index (κ2) is 6.28. The van der Waals surface area contributed by atoms with E-state index in [0.29, 0.717) is 38.5 Å². The predicted octanol–water partition coefficient (Wildman–Crippen LogP) is 2.01. The molecule has 1 aliphatic carbocycles. The lowest BCUT2D eigenvalue weighted by atomic mass is 9.85. The van der Waals surface area contributed by atoms with Gasteiger partial charge in [0.05, 0.1) is 23.7 Å². The van der Waals surface area contributed by atoms with Crippen LogP contribution >= 0.6 is 0 Å². The molecule has 2 fully saturated rings. The monoisotopic (exact) mass is 291 g/mol. The van der Waals surface area contributed by atoms with E-state index in [0.717, 1.165) is 5.69 Å². The number of hydrogen-bond donors (Lipinski definition) is 1. The molecule has 0 radical (unpaired) electrons. The summed E-state index contributed by atoms with van der Waals surface area (Å²) in [5.41, 5.74) is 6.37. The SMILES string of the molecule is NC1(C(=O)Cc2ccn(C3CCCCC3)n2)CCOCC1. The van der Waals surface area contributed by atoms with Crippen molar-refractivity contribution >= 4 is 5.78 Å². The second-order valence-electron chi connectivity index (χ2n) is 6.45. The fourth-order valence-corrected chi connectivity index (χ4v) is 3.38. The van der Waals surface area contributed by atoms with E-state index in [1.54, 1.807) is 0 Å². The zero-order valence-electron chi connectivity index (χ0n) is 12.6. The molecule has 1 aromatic heterocycles. The number of rotatable bonds is 4. The Hall–Kier alpha value is -1.20. The summed E-state index contributed by atoms with van der Waals surface area (Å²) in [4.78, 5) is 12.4. The van der Waals surface area contributed by atoms with Crippen LogP contribution in [0.4, 0.5) is 0 Å². The molecule has 116 valence electrons. The van der Waals surface area contributed by atoms with Crippen molar-refractivity contribution in [1.82, 2.24) is 9.78 Å². The Morgan fingerprint density at radius 3 is 2.76 bits per heavy atom. The lowest BCUT2D eigenvalue weighted by Crippen LogP contribution is -2.52. The molecule has 1 aliphatic heterocycles. The summed E-state index contributed by atoms with van der Waals surface area (Å²) in [6, 6.07) is 2.48. The average molecular weight is 291 g/mol. The Bertz CT molecular complexity index is 485. The Morgan fingerprint density at radius 1 is 1.33 bits per heavy atom. The van der Waals surface area contributed by atoms with E-state index in [-0.39, 0.29) is 5.78 Å². The molecule has 0 atom stereocenters. The number of ketones is 1. The number of hydrogen-bond acceptors (Lipinski definition) is 4. The van der Waals surface area contributed by atoms with Crippen molar-refractivity contribution in [3.63, 3.8) is 0 Å². The average Bonchev–Trinajstić information content (AvgIpc) is 2.97. The van der Waals surface area contributed by atoms with Gasteiger partial charge in [0.1, 0.15) is 0 Å². The molecule has 5 heteroatoms. The first-order valence-corrected chi connectivity index (χ1v) is 8.11. The maximum atomic E-state index is 12.4. The maximum Gasteiger partial charge on any atom is 0.158 e. The summed E-state index contributed by atoms with van der Waals surface area (Å²) in [5.74, 6) is 0.0969. The summed E-state index contributed by atoms with van der Waals surface area (Å²) in [6.07, 6.45) is 9.91. The topological polar surface area (TPSA) is 70.1 Å². The van der Waals surface area contributed by atoms with Crippen LogP contribution in [0.15, 0.2) is 12.3 Å². The van der Waals surface area contributed by atoms with Crippen molar-refractivity contribution < 1.29 is 9.53 Å². The molecule has 2 heterocycles. The number of nitrogens with two attached hydrogens (primary N) is 1. The van der Waals surface area contributed by atoms with Gasteiger partial charge in [0.2, 0.25) is 0 Å². The maximum absolute atomic E-state index is 12.4. The summed E-state index contributed by atoms with van der Waals surface area (Å²) in [5, 5.41) is 4.61. The summed E-state index contributed by atoms with van der Waals surface area (Å²) in [6.45, 7) is 1.16. The molecule has 0 amide bonds. The molecule has 2 aliphatic rings. The van der Waals surface area contributed by atoms with Crippen LogP contribution in [-0.4, -0.2) is 34.3 Å². The largest absolute Gasteiger partial charge is 0.381 e. The van der Waals surface area contributed by atoms with Gasteiger partial charge in [-0.25, -0.2) is 0 Å². The highest BCUT2D eigenvalue weighted by Gasteiger charge is 2.35. The van der Waals surface area contributed by atoms with Gasteiger partial charge in [-0.2, -0.15) is 5.10 Å². The van der Waals surface area contributed by atoms with Gasteiger partial charge in [0.25, 0.3) is 0 Å². The van der Waals surface area contributed by atoms with Gasteiger partial charge in [-0.1, -0.05) is 19.3 Å². The molecular formula is C16H25N3O2. The third-order valence-corrected chi connectivity index (χ3v) is 4.89. The zero-order chi connectivity index (χ0) is 14.7. The number of carbonyl (C=O) groups excluding carboxylic acids is 1. The van der Waals surface area contributed by atoms with Gasteiger partial charge in [-0.3, -0.25) is 9.48 Å². The zero-order valence-corrected chi connectivity index (χ0v) is 12.6. The van der Waals surface area contributed by atoms with Gasteiger partial charge in [0.15, 0.2) is 5.78 Å². The Kier molecular flexibility index (Phi) is 4.40. The minimum atomic E-state index is -0.715. The summed E-state index contributed by atoms with van der Waals surface area (Å²) < 4.78 is 7.35. The van der Waals surface area contributed by atoms with Crippen LogP contribution in [0.25, 0.3) is 0 Å². The van der Waals surface area contributed by atoms with E-state index in [4.69, 9.17) is 10.5 Å². The van der Waals surface area contributed by atoms with Crippen LogP contribution in [0, 0.1) is 0 Å². The van der Waals surface area contributed by atoms with Crippen LogP contribution in [0.3, 0.4) is 0 Å². The van der Waals surface area contributed by atoms with Crippen molar-refractivity contribution in [2.75, 3.05) is 13.2 Å². The number of ether oxygens (including phenoxy) is 1. The highest BCUT2D eigenvalue weighted by Crippen LogP contribution is 2.27. The molecule has 0 unspecified atom stereocenters. The molecule has 1 aromatic rings. The predicted molar refractivity (Wildman–Crippen MR) is 80.0 cm³/mol. The summed E-state index contributed by atoms with van der Waals surface area (Å²) >= 11 is 0. The molecular weight excluding hydrogens is 266 g/mol. The van der Waals surface area contributed by atoms with Crippen molar-refractivity contribution in [2.45, 2.75) is 62.9 Å². The smallest absolute Gasteiger partial charge is 0.158 e. The fraction of sp³-hybridized carbons (Fsp3) is 0.750. The van der Waals surface area contributed by atoms with Crippen LogP contribution < -0.4 is 5.73 Å². The third-order valence-electron chi connectivity index (χ3n) is 4.89. The van der Waals surface area contributed by atoms with Gasteiger partial charge >= 0.3 is 0 Å². The minimum Gasteiger partial charge on any atom is -0.381 e. The number of carbonyl (C=O) groups is 1. The molecule has 1 saturated carbocycles. The van der Waals surface area contributed by atoms with Gasteiger partial charge in [-0.15, -0.1) is 0 Å². The molecule has 21 heavy (non-hydrogen) atoms. The van der Waals surface area contributed by atoms with Gasteiger partial charge in [-0.05, 0) is 31.7 Å². The first kappa shape index (κ1) is 14.7. The quantitative estimate of drug-likeness (QED) is 0.921. The number of Topliss-reactive ketones (excluding diaryl/α,β-unsaturated/α-hetero) is 1. The first-order valence-electron chi connectivity index (χ1n) is 8.11. The molecule has 3 rings (SSSR count).